The smallest absolute Gasteiger partial charge is 0.408 e. The first-order chi connectivity index (χ1) is 15.0. The van der Waals surface area contributed by atoms with E-state index in [0.717, 1.165) is 21.9 Å². The van der Waals surface area contributed by atoms with Gasteiger partial charge in [0.15, 0.2) is 6.61 Å². The van der Waals surface area contributed by atoms with Crippen LogP contribution >= 0.6 is 0 Å². The first kappa shape index (κ1) is 21.5. The van der Waals surface area contributed by atoms with Crippen molar-refractivity contribution in [2.75, 3.05) is 18.5 Å². The molecule has 0 aliphatic carbocycles. The molecular weight excluding hydrogens is 396 g/mol. The Morgan fingerprint density at radius 3 is 2.68 bits per heavy atom. The molecular formula is C23H22N4O4. The van der Waals surface area contributed by atoms with Crippen molar-refractivity contribution in [3.05, 3.63) is 54.2 Å². The van der Waals surface area contributed by atoms with E-state index in [4.69, 9.17) is 11.2 Å². The molecule has 3 aromatic rings. The molecule has 1 aromatic heterocycles. The minimum atomic E-state index is -0.627. The number of carbonyl (C=O) groups excluding carboxylic acids is 2. The van der Waals surface area contributed by atoms with Gasteiger partial charge in [0.2, 0.25) is 0 Å². The molecule has 0 atom stereocenters. The lowest BCUT2D eigenvalue weighted by Crippen LogP contribution is -2.28. The van der Waals surface area contributed by atoms with Gasteiger partial charge in [-0.15, -0.1) is 6.42 Å². The summed E-state index contributed by atoms with van der Waals surface area (Å²) in [7, 11) is 0. The third-order valence-electron chi connectivity index (χ3n) is 4.47. The molecule has 2 aromatic carbocycles. The van der Waals surface area contributed by atoms with Crippen molar-refractivity contribution in [1.29, 1.82) is 0 Å². The third kappa shape index (κ3) is 5.22. The average Bonchev–Trinajstić information content (AvgIpc) is 2.76. The van der Waals surface area contributed by atoms with E-state index >= 15 is 0 Å². The summed E-state index contributed by atoms with van der Waals surface area (Å²) in [6.07, 6.45) is 6.08. The van der Waals surface area contributed by atoms with Gasteiger partial charge in [-0.1, -0.05) is 36.3 Å². The van der Waals surface area contributed by atoms with E-state index in [1.807, 2.05) is 25.1 Å². The van der Waals surface area contributed by atoms with E-state index in [9.17, 15) is 14.7 Å². The third-order valence-corrected chi connectivity index (χ3v) is 4.47. The lowest BCUT2D eigenvalue weighted by atomic mass is 9.95. The number of terminal acetylenes is 1. The van der Waals surface area contributed by atoms with Gasteiger partial charge >= 0.3 is 12.1 Å². The van der Waals surface area contributed by atoms with Crippen molar-refractivity contribution in [2.45, 2.75) is 13.5 Å². The van der Waals surface area contributed by atoms with Crippen molar-refractivity contribution in [3.63, 3.8) is 0 Å². The number of pyridine rings is 1. The minimum Gasteiger partial charge on any atom is -0.507 e. The van der Waals surface area contributed by atoms with Crippen molar-refractivity contribution < 1.29 is 19.4 Å². The summed E-state index contributed by atoms with van der Waals surface area (Å²) < 4.78 is 4.83. The molecule has 8 heteroatoms. The number of phenols is 1. The van der Waals surface area contributed by atoms with Gasteiger partial charge in [-0.3, -0.25) is 5.32 Å². The van der Waals surface area contributed by atoms with Crippen LogP contribution in [0.5, 0.6) is 5.75 Å². The summed E-state index contributed by atoms with van der Waals surface area (Å²) in [5, 5.41) is 19.8. The largest absolute Gasteiger partial charge is 0.507 e. The quantitative estimate of drug-likeness (QED) is 0.457. The fourth-order valence-corrected chi connectivity index (χ4v) is 3.10. The SMILES string of the molecule is C#CCOC(=O)NCc1ccc(-c2ccccc2O)c2cc(NC(=O)NCC)ncc12. The number of amides is 3. The number of nitrogens with one attached hydrogen (secondary N) is 3. The Morgan fingerprint density at radius 1 is 1.13 bits per heavy atom. The highest BCUT2D eigenvalue weighted by Gasteiger charge is 2.14. The Labute approximate surface area is 179 Å². The van der Waals surface area contributed by atoms with Crippen LogP contribution in [0, 0.1) is 12.3 Å². The second-order valence-corrected chi connectivity index (χ2v) is 6.52. The van der Waals surface area contributed by atoms with E-state index in [0.29, 0.717) is 17.9 Å². The van der Waals surface area contributed by atoms with Gasteiger partial charge < -0.3 is 20.5 Å². The molecule has 0 aliphatic rings. The van der Waals surface area contributed by atoms with E-state index < -0.39 is 6.09 Å². The zero-order chi connectivity index (χ0) is 22.2. The molecule has 0 radical (unpaired) electrons. The van der Waals surface area contributed by atoms with Gasteiger partial charge in [0.1, 0.15) is 11.6 Å². The Kier molecular flexibility index (Phi) is 6.91. The molecule has 31 heavy (non-hydrogen) atoms. The number of nitrogens with zero attached hydrogens (tertiary/aromatic N) is 1. The molecule has 3 amide bonds. The summed E-state index contributed by atoms with van der Waals surface area (Å²) in [6.45, 7) is 2.37. The predicted molar refractivity (Wildman–Crippen MR) is 119 cm³/mol. The number of rotatable bonds is 6. The Balaban J connectivity index is 2.02. The van der Waals surface area contributed by atoms with E-state index in [1.54, 1.807) is 30.5 Å². The van der Waals surface area contributed by atoms with E-state index in [-0.39, 0.29) is 24.9 Å². The lowest BCUT2D eigenvalue weighted by molar-refractivity contribution is 0.159. The number of aromatic nitrogens is 1. The van der Waals surface area contributed by atoms with Crippen LogP contribution in [-0.2, 0) is 11.3 Å². The van der Waals surface area contributed by atoms with Crippen LogP contribution in [0.3, 0.4) is 0 Å². The number of fused-ring (bicyclic) bond motifs is 1. The van der Waals surface area contributed by atoms with Gasteiger partial charge in [0.25, 0.3) is 0 Å². The Bertz CT molecular complexity index is 1150. The first-order valence-electron chi connectivity index (χ1n) is 9.62. The number of carbonyl (C=O) groups is 2. The number of aromatic hydroxyl groups is 1. The second kappa shape index (κ2) is 9.98. The van der Waals surface area contributed by atoms with E-state index in [1.165, 1.54) is 0 Å². The minimum absolute atomic E-state index is 0.116. The molecule has 0 aliphatic heterocycles. The summed E-state index contributed by atoms with van der Waals surface area (Å²) in [6, 6.07) is 12.0. The average molecular weight is 418 g/mol. The molecule has 8 nitrogen and oxygen atoms in total. The van der Waals surface area contributed by atoms with Crippen molar-refractivity contribution in [1.82, 2.24) is 15.6 Å². The van der Waals surface area contributed by atoms with Gasteiger partial charge in [0, 0.05) is 30.2 Å². The number of hydrogen-bond acceptors (Lipinski definition) is 5. The molecule has 4 N–H and O–H groups in total. The Morgan fingerprint density at radius 2 is 1.94 bits per heavy atom. The normalized spacial score (nSPS) is 10.2. The monoisotopic (exact) mass is 418 g/mol. The van der Waals surface area contributed by atoms with Gasteiger partial charge in [0.05, 0.1) is 0 Å². The molecule has 0 saturated heterocycles. The fraction of sp³-hybridized carbons (Fsp3) is 0.174. The zero-order valence-corrected chi connectivity index (χ0v) is 16.9. The Hall–Kier alpha value is -4.25. The number of hydrogen-bond donors (Lipinski definition) is 4. The van der Waals surface area contributed by atoms with Crippen molar-refractivity contribution >= 4 is 28.7 Å². The van der Waals surface area contributed by atoms with Crippen LogP contribution in [0.4, 0.5) is 15.4 Å². The standard InChI is InChI=1S/C23H22N4O4/c1-3-11-31-23(30)26-13-15-9-10-16(17-7-5-6-8-20(17)28)18-12-21(25-14-19(15)18)27-22(29)24-4-2/h1,5-10,12,14,28H,4,11,13H2,2H3,(H,26,30)(H2,24,25,27,29). The van der Waals surface area contributed by atoms with Gasteiger partial charge in [-0.25, -0.2) is 14.6 Å². The van der Waals surface area contributed by atoms with Crippen LogP contribution in [0.25, 0.3) is 21.9 Å². The number of alkyl carbamates (subject to hydrolysis) is 1. The van der Waals surface area contributed by atoms with Crippen molar-refractivity contribution in [2.24, 2.45) is 0 Å². The molecule has 1 heterocycles. The van der Waals surface area contributed by atoms with Gasteiger partial charge in [-0.05, 0) is 35.6 Å². The van der Waals surface area contributed by atoms with E-state index in [2.05, 4.69) is 26.9 Å². The summed E-state index contributed by atoms with van der Waals surface area (Å²) >= 11 is 0. The summed E-state index contributed by atoms with van der Waals surface area (Å²) in [4.78, 5) is 28.0. The van der Waals surface area contributed by atoms with Crippen LogP contribution in [0.2, 0.25) is 0 Å². The number of phenolic OH excluding ortho intramolecular Hbond substituents is 1. The maximum absolute atomic E-state index is 11.9. The lowest BCUT2D eigenvalue weighted by Gasteiger charge is -2.14. The molecule has 0 saturated carbocycles. The number of ether oxygens (including phenoxy) is 1. The number of urea groups is 1. The highest BCUT2D eigenvalue weighted by Crippen LogP contribution is 2.36. The molecule has 0 bridgehead atoms. The van der Waals surface area contributed by atoms with Gasteiger partial charge in [-0.2, -0.15) is 0 Å². The first-order valence-corrected chi connectivity index (χ1v) is 9.62. The number of anilines is 1. The fourth-order valence-electron chi connectivity index (χ4n) is 3.10. The van der Waals surface area contributed by atoms with Crippen molar-refractivity contribution in [3.8, 4) is 29.2 Å². The highest BCUT2D eigenvalue weighted by atomic mass is 16.5. The molecule has 3 rings (SSSR count). The van der Waals surface area contributed by atoms with Crippen LogP contribution in [0.15, 0.2) is 48.7 Å². The topological polar surface area (TPSA) is 113 Å². The molecule has 0 fully saturated rings. The van der Waals surface area contributed by atoms with Crippen LogP contribution in [-0.4, -0.2) is 35.4 Å². The maximum Gasteiger partial charge on any atom is 0.408 e. The highest BCUT2D eigenvalue weighted by molar-refractivity contribution is 6.01. The maximum atomic E-state index is 11.9. The molecule has 0 unspecified atom stereocenters. The molecule has 0 spiro atoms. The van der Waals surface area contributed by atoms with Crippen LogP contribution < -0.4 is 16.0 Å². The second-order valence-electron chi connectivity index (χ2n) is 6.52. The summed E-state index contributed by atoms with van der Waals surface area (Å²) in [5.41, 5.74) is 2.17. The number of para-hydroxylation sites is 1. The number of benzene rings is 2. The molecule has 158 valence electrons. The van der Waals surface area contributed by atoms with Crippen LogP contribution in [0.1, 0.15) is 12.5 Å². The summed E-state index contributed by atoms with van der Waals surface area (Å²) in [5.74, 6) is 2.71. The predicted octanol–water partition coefficient (Wildman–Crippen LogP) is 3.61. The zero-order valence-electron chi connectivity index (χ0n) is 16.9.